The summed E-state index contributed by atoms with van der Waals surface area (Å²) in [5, 5.41) is 21.9. The van der Waals surface area contributed by atoms with Gasteiger partial charge in [-0.15, -0.1) is 0 Å². The number of hydrogen-bond acceptors (Lipinski definition) is 5. The molecule has 32 heavy (non-hydrogen) atoms. The third-order valence-electron chi connectivity index (χ3n) is 10.8. The Balaban J connectivity index is 1.51. The number of aliphatic hydroxyl groups excluding tert-OH is 2. The molecule has 180 valence electrons. The van der Waals surface area contributed by atoms with E-state index in [4.69, 9.17) is 4.74 Å². The van der Waals surface area contributed by atoms with Crippen molar-refractivity contribution in [2.24, 2.45) is 52.3 Å². The molecule has 0 aromatic carbocycles. The highest BCUT2D eigenvalue weighted by atomic mass is 16.5. The average molecular weight is 447 g/mol. The summed E-state index contributed by atoms with van der Waals surface area (Å²) >= 11 is 0. The second-order valence-corrected chi connectivity index (χ2v) is 13.0. The van der Waals surface area contributed by atoms with Crippen LogP contribution in [0.4, 0.5) is 0 Å². The first-order chi connectivity index (χ1) is 15.0. The lowest BCUT2D eigenvalue weighted by Gasteiger charge is -2.61. The number of hydrogen-bond donors (Lipinski definition) is 2. The van der Waals surface area contributed by atoms with Crippen molar-refractivity contribution in [1.82, 2.24) is 0 Å². The predicted octanol–water partition coefficient (Wildman–Crippen LogP) is 3.78. The molecule has 0 aromatic heterocycles. The lowest BCUT2D eigenvalue weighted by molar-refractivity contribution is -0.185. The van der Waals surface area contributed by atoms with Gasteiger partial charge in [-0.25, -0.2) is 0 Å². The van der Waals surface area contributed by atoms with Crippen molar-refractivity contribution in [3.05, 3.63) is 0 Å². The number of fused-ring (bicyclic) bond motifs is 7. The molecule has 5 fully saturated rings. The second-order valence-electron chi connectivity index (χ2n) is 13.0. The number of carbonyl (C=O) groups is 2. The summed E-state index contributed by atoms with van der Waals surface area (Å²) in [5.41, 5.74) is -0.345. The maximum absolute atomic E-state index is 13.4. The largest absolute Gasteiger partial charge is 0.393 e. The molecule has 1 saturated heterocycles. The van der Waals surface area contributed by atoms with Gasteiger partial charge in [0.25, 0.3) is 0 Å². The molecule has 0 spiro atoms. The highest BCUT2D eigenvalue weighted by Crippen LogP contribution is 2.68. The molecule has 5 nitrogen and oxygen atoms in total. The SMILES string of the molecule is CC(C)C1O[C@H]2C[C@H]3[C@@H]4CC(=O)[C@@H]5C[C@@H](O)CC[C@]5(C)[C@H]4[C@H](O)C[C@]3(C)[C@H]2[C@H](C)CC1=O. The first-order valence-corrected chi connectivity index (χ1v) is 13.0. The molecule has 12 atom stereocenters. The van der Waals surface area contributed by atoms with Gasteiger partial charge in [0.1, 0.15) is 11.9 Å². The van der Waals surface area contributed by atoms with Crippen LogP contribution in [-0.4, -0.2) is 46.2 Å². The molecule has 1 heterocycles. The number of aliphatic hydroxyl groups is 2. The van der Waals surface area contributed by atoms with Gasteiger partial charge in [0.2, 0.25) is 0 Å². The van der Waals surface area contributed by atoms with Crippen molar-refractivity contribution in [3.8, 4) is 0 Å². The molecule has 5 aliphatic rings. The van der Waals surface area contributed by atoms with E-state index in [-0.39, 0.29) is 64.3 Å². The van der Waals surface area contributed by atoms with Crippen LogP contribution in [0.25, 0.3) is 0 Å². The van der Waals surface area contributed by atoms with Crippen molar-refractivity contribution < 1.29 is 24.5 Å². The van der Waals surface area contributed by atoms with E-state index in [0.29, 0.717) is 31.0 Å². The van der Waals surface area contributed by atoms with Crippen molar-refractivity contribution in [1.29, 1.82) is 0 Å². The fraction of sp³-hybridized carbons (Fsp3) is 0.926. The minimum absolute atomic E-state index is 0.0265. The summed E-state index contributed by atoms with van der Waals surface area (Å²) < 4.78 is 6.58. The highest BCUT2D eigenvalue weighted by molar-refractivity contribution is 5.84. The Morgan fingerprint density at radius 2 is 1.72 bits per heavy atom. The van der Waals surface area contributed by atoms with E-state index in [1.165, 1.54) is 0 Å². The van der Waals surface area contributed by atoms with Crippen LogP contribution in [0.15, 0.2) is 0 Å². The number of Topliss-reactive ketones (excluding diaryl/α,β-unsaturated/α-hetero) is 2. The van der Waals surface area contributed by atoms with Gasteiger partial charge in [-0.05, 0) is 78.4 Å². The zero-order valence-corrected chi connectivity index (χ0v) is 20.4. The Morgan fingerprint density at radius 1 is 1.00 bits per heavy atom. The smallest absolute Gasteiger partial charge is 0.162 e. The molecular formula is C27H42O5. The zero-order chi connectivity index (χ0) is 23.2. The van der Waals surface area contributed by atoms with Crippen molar-refractivity contribution in [2.75, 3.05) is 0 Å². The fourth-order valence-electron chi connectivity index (χ4n) is 9.69. The average Bonchev–Trinajstić information content (AvgIpc) is 2.90. The van der Waals surface area contributed by atoms with Crippen molar-refractivity contribution >= 4 is 11.6 Å². The fourth-order valence-corrected chi connectivity index (χ4v) is 9.69. The molecule has 5 rings (SSSR count). The maximum Gasteiger partial charge on any atom is 0.162 e. The number of ketones is 2. The van der Waals surface area contributed by atoms with Gasteiger partial charge >= 0.3 is 0 Å². The van der Waals surface area contributed by atoms with Gasteiger partial charge in [0.05, 0.1) is 18.3 Å². The monoisotopic (exact) mass is 446 g/mol. The van der Waals surface area contributed by atoms with Crippen LogP contribution in [0.5, 0.6) is 0 Å². The van der Waals surface area contributed by atoms with Gasteiger partial charge in [-0.3, -0.25) is 9.59 Å². The summed E-state index contributed by atoms with van der Waals surface area (Å²) in [5.74, 6) is 1.62. The summed E-state index contributed by atoms with van der Waals surface area (Å²) in [4.78, 5) is 26.3. The van der Waals surface area contributed by atoms with Crippen LogP contribution < -0.4 is 0 Å². The topological polar surface area (TPSA) is 83.8 Å². The van der Waals surface area contributed by atoms with Crippen LogP contribution in [0.1, 0.15) is 79.6 Å². The van der Waals surface area contributed by atoms with E-state index >= 15 is 0 Å². The molecule has 0 bridgehead atoms. The van der Waals surface area contributed by atoms with E-state index < -0.39 is 12.2 Å². The van der Waals surface area contributed by atoms with E-state index in [9.17, 15) is 19.8 Å². The third kappa shape index (κ3) is 3.13. The van der Waals surface area contributed by atoms with E-state index in [1.807, 2.05) is 0 Å². The van der Waals surface area contributed by atoms with Crippen LogP contribution in [0.2, 0.25) is 0 Å². The van der Waals surface area contributed by atoms with Crippen LogP contribution in [0, 0.1) is 52.3 Å². The Bertz CT molecular complexity index is 793. The van der Waals surface area contributed by atoms with Crippen LogP contribution in [-0.2, 0) is 14.3 Å². The summed E-state index contributed by atoms with van der Waals surface area (Å²) in [6.07, 6.45) is 3.64. The standard InChI is InChI=1S/C27H42O5/c1-13(2)25-20(30)8-14(3)23-22(32-25)11-17-16-10-19(29)18-9-15(28)6-7-26(18,4)24(16)21(31)12-27(17,23)5/h13-18,21-25,28,31H,6-12H2,1-5H3/t14-,15+,16+,17+,18+,21-,22+,23+,24-,25?,26+,27+/m1/s1. The lowest BCUT2D eigenvalue weighted by atomic mass is 9.43. The number of rotatable bonds is 1. The molecule has 0 aromatic rings. The maximum atomic E-state index is 13.4. The normalized spacial score (nSPS) is 55.6. The molecular weight excluding hydrogens is 404 g/mol. The highest BCUT2D eigenvalue weighted by Gasteiger charge is 2.67. The van der Waals surface area contributed by atoms with E-state index in [0.717, 1.165) is 25.7 Å². The summed E-state index contributed by atoms with van der Waals surface area (Å²) in [6, 6.07) is 0. The molecule has 0 amide bonds. The molecule has 1 unspecified atom stereocenters. The second kappa shape index (κ2) is 7.61. The quantitative estimate of drug-likeness (QED) is 0.640. The summed E-state index contributed by atoms with van der Waals surface area (Å²) in [7, 11) is 0. The lowest BCUT2D eigenvalue weighted by Crippen LogP contribution is -2.61. The first kappa shape index (κ1) is 23.0. The predicted molar refractivity (Wildman–Crippen MR) is 121 cm³/mol. The van der Waals surface area contributed by atoms with Gasteiger partial charge < -0.3 is 14.9 Å². The van der Waals surface area contributed by atoms with E-state index in [1.54, 1.807) is 0 Å². The van der Waals surface area contributed by atoms with E-state index in [2.05, 4.69) is 34.6 Å². The van der Waals surface area contributed by atoms with Gasteiger partial charge in [-0.1, -0.05) is 34.6 Å². The zero-order valence-electron chi connectivity index (χ0n) is 20.4. The van der Waals surface area contributed by atoms with Crippen LogP contribution in [0.3, 0.4) is 0 Å². The minimum Gasteiger partial charge on any atom is -0.393 e. The number of carbonyl (C=O) groups excluding carboxylic acids is 2. The van der Waals surface area contributed by atoms with Gasteiger partial charge in [0.15, 0.2) is 5.78 Å². The minimum atomic E-state index is -0.442. The third-order valence-corrected chi connectivity index (χ3v) is 10.8. The molecule has 4 aliphatic carbocycles. The number of ether oxygens (including phenoxy) is 1. The Labute approximate surface area is 192 Å². The van der Waals surface area contributed by atoms with Gasteiger partial charge in [-0.2, -0.15) is 0 Å². The Morgan fingerprint density at radius 3 is 2.41 bits per heavy atom. The molecule has 2 N–H and O–H groups in total. The van der Waals surface area contributed by atoms with Crippen LogP contribution >= 0.6 is 0 Å². The molecule has 0 radical (unpaired) electrons. The van der Waals surface area contributed by atoms with Crippen molar-refractivity contribution in [2.45, 2.75) is 104 Å². The van der Waals surface area contributed by atoms with Crippen molar-refractivity contribution in [3.63, 3.8) is 0 Å². The Hall–Kier alpha value is -0.780. The molecule has 4 saturated carbocycles. The Kier molecular flexibility index (Phi) is 5.47. The molecule has 1 aliphatic heterocycles. The first-order valence-electron chi connectivity index (χ1n) is 13.0. The summed E-state index contributed by atoms with van der Waals surface area (Å²) in [6.45, 7) is 10.8. The molecule has 5 heteroatoms. The van der Waals surface area contributed by atoms with Gasteiger partial charge in [0, 0.05) is 18.8 Å².